The fraction of sp³-hybridized carbons (Fsp3) is 0.782. The van der Waals surface area contributed by atoms with Crippen LogP contribution in [0.2, 0.25) is 0 Å². The van der Waals surface area contributed by atoms with Crippen molar-refractivity contribution >= 4 is 11.9 Å². The monoisotopic (exact) mass is 917 g/mol. The Morgan fingerprint density at radius 1 is 0.492 bits per heavy atom. The molecule has 1 heterocycles. The highest BCUT2D eigenvalue weighted by atomic mass is 16.7. The van der Waals surface area contributed by atoms with Gasteiger partial charge in [-0.2, -0.15) is 0 Å². The highest BCUT2D eigenvalue weighted by Gasteiger charge is 2.44. The van der Waals surface area contributed by atoms with Crippen LogP contribution < -0.4 is 0 Å². The summed E-state index contributed by atoms with van der Waals surface area (Å²) >= 11 is 0. The summed E-state index contributed by atoms with van der Waals surface area (Å²) in [6.07, 6.45) is 49.5. The lowest BCUT2D eigenvalue weighted by atomic mass is 9.99. The zero-order valence-electron chi connectivity index (χ0n) is 41.2. The molecule has 1 aliphatic heterocycles. The van der Waals surface area contributed by atoms with E-state index in [-0.39, 0.29) is 32.0 Å². The number of aliphatic hydroxyl groups is 4. The van der Waals surface area contributed by atoms with Crippen LogP contribution in [0.5, 0.6) is 0 Å². The Morgan fingerprint density at radius 3 is 1.37 bits per heavy atom. The van der Waals surface area contributed by atoms with Gasteiger partial charge < -0.3 is 39.4 Å². The van der Waals surface area contributed by atoms with Crippen LogP contribution >= 0.6 is 0 Å². The molecule has 0 aromatic heterocycles. The predicted octanol–water partition coefficient (Wildman–Crippen LogP) is 12.6. The molecule has 0 radical (unpaired) electrons. The number of hydrogen-bond acceptors (Lipinski definition) is 10. The summed E-state index contributed by atoms with van der Waals surface area (Å²) < 4.78 is 22.2. The van der Waals surface area contributed by atoms with E-state index in [1.807, 2.05) is 0 Å². The molecule has 10 nitrogen and oxygen atoms in total. The molecule has 10 heteroatoms. The molecule has 0 aliphatic carbocycles. The second-order valence-electron chi connectivity index (χ2n) is 18.0. The first-order valence-corrected chi connectivity index (χ1v) is 26.4. The predicted molar refractivity (Wildman–Crippen MR) is 265 cm³/mol. The van der Waals surface area contributed by atoms with E-state index in [2.05, 4.69) is 74.6 Å². The number of unbranched alkanes of at least 4 members (excludes halogenated alkanes) is 23. The van der Waals surface area contributed by atoms with Gasteiger partial charge in [-0.15, -0.1) is 0 Å². The van der Waals surface area contributed by atoms with Gasteiger partial charge in [0.2, 0.25) is 0 Å². The van der Waals surface area contributed by atoms with Gasteiger partial charge in [0.25, 0.3) is 0 Å². The van der Waals surface area contributed by atoms with E-state index in [4.69, 9.17) is 18.9 Å². The smallest absolute Gasteiger partial charge is 0.306 e. The van der Waals surface area contributed by atoms with Crippen LogP contribution in [0.3, 0.4) is 0 Å². The van der Waals surface area contributed by atoms with Gasteiger partial charge in [-0.1, -0.05) is 209 Å². The fourth-order valence-electron chi connectivity index (χ4n) is 7.80. The number of allylic oxidation sites excluding steroid dienone is 10. The summed E-state index contributed by atoms with van der Waals surface area (Å²) in [5.74, 6) is -0.839. The minimum Gasteiger partial charge on any atom is -0.462 e. The van der Waals surface area contributed by atoms with Gasteiger partial charge in [-0.25, -0.2) is 0 Å². The van der Waals surface area contributed by atoms with Crippen molar-refractivity contribution < 1.29 is 49.0 Å². The van der Waals surface area contributed by atoms with Crippen LogP contribution in [0.15, 0.2) is 60.8 Å². The van der Waals surface area contributed by atoms with Crippen molar-refractivity contribution in [3.8, 4) is 0 Å². The summed E-state index contributed by atoms with van der Waals surface area (Å²) in [5.41, 5.74) is 0. The highest BCUT2D eigenvalue weighted by molar-refractivity contribution is 5.70. The maximum Gasteiger partial charge on any atom is 0.306 e. The van der Waals surface area contributed by atoms with Crippen molar-refractivity contribution in [1.82, 2.24) is 0 Å². The Balaban J connectivity index is 2.27. The minimum absolute atomic E-state index is 0.190. The quantitative estimate of drug-likeness (QED) is 0.0264. The van der Waals surface area contributed by atoms with Gasteiger partial charge in [0.15, 0.2) is 12.4 Å². The van der Waals surface area contributed by atoms with Crippen molar-refractivity contribution in [2.45, 2.75) is 256 Å². The van der Waals surface area contributed by atoms with E-state index in [0.29, 0.717) is 6.42 Å². The molecular formula is C55H96O10. The van der Waals surface area contributed by atoms with Crippen molar-refractivity contribution in [2.24, 2.45) is 0 Å². The number of carbonyl (C=O) groups is 2. The van der Waals surface area contributed by atoms with E-state index >= 15 is 0 Å². The van der Waals surface area contributed by atoms with E-state index in [0.717, 1.165) is 70.6 Å². The Morgan fingerprint density at radius 2 is 0.908 bits per heavy atom. The molecule has 0 aromatic carbocycles. The summed E-state index contributed by atoms with van der Waals surface area (Å²) in [4.78, 5) is 25.5. The summed E-state index contributed by atoms with van der Waals surface area (Å²) in [7, 11) is 0. The van der Waals surface area contributed by atoms with E-state index < -0.39 is 49.4 Å². The Hall–Kier alpha value is -2.60. The molecule has 0 spiro atoms. The molecule has 1 saturated heterocycles. The number of hydrogen-bond donors (Lipinski definition) is 4. The molecule has 376 valence electrons. The zero-order valence-corrected chi connectivity index (χ0v) is 41.2. The zero-order chi connectivity index (χ0) is 47.3. The maximum absolute atomic E-state index is 12.8. The first-order chi connectivity index (χ1) is 31.8. The lowest BCUT2D eigenvalue weighted by molar-refractivity contribution is -0.305. The van der Waals surface area contributed by atoms with Crippen LogP contribution in [0.4, 0.5) is 0 Å². The Kier molecular flexibility index (Phi) is 42.0. The van der Waals surface area contributed by atoms with Crippen LogP contribution in [-0.4, -0.2) is 89.0 Å². The first kappa shape index (κ1) is 60.4. The maximum atomic E-state index is 12.8. The van der Waals surface area contributed by atoms with Crippen LogP contribution in [-0.2, 0) is 28.5 Å². The number of ether oxygens (including phenoxy) is 4. The molecule has 1 aliphatic rings. The highest BCUT2D eigenvalue weighted by Crippen LogP contribution is 2.23. The van der Waals surface area contributed by atoms with E-state index in [9.17, 15) is 30.0 Å². The average Bonchev–Trinajstić information content (AvgIpc) is 3.30. The number of rotatable bonds is 44. The third-order valence-corrected chi connectivity index (χ3v) is 11.9. The topological polar surface area (TPSA) is 152 Å². The molecule has 1 fully saturated rings. The molecule has 1 rings (SSSR count). The average molecular weight is 917 g/mol. The lowest BCUT2D eigenvalue weighted by Gasteiger charge is -2.39. The fourth-order valence-corrected chi connectivity index (χ4v) is 7.80. The minimum atomic E-state index is -1.60. The largest absolute Gasteiger partial charge is 0.462 e. The normalized spacial score (nSPS) is 19.8. The van der Waals surface area contributed by atoms with Gasteiger partial charge in [0.1, 0.15) is 31.0 Å². The van der Waals surface area contributed by atoms with Crippen molar-refractivity contribution in [1.29, 1.82) is 0 Å². The van der Waals surface area contributed by atoms with E-state index in [1.165, 1.54) is 116 Å². The van der Waals surface area contributed by atoms with Gasteiger partial charge in [0.05, 0.1) is 13.2 Å². The molecular weight excluding hydrogens is 821 g/mol. The molecule has 2 unspecified atom stereocenters. The van der Waals surface area contributed by atoms with E-state index in [1.54, 1.807) is 0 Å². The third-order valence-electron chi connectivity index (χ3n) is 11.9. The SMILES string of the molecule is CC/C=C/C/C=C/C/C=C/C/C=C/C/C=C/CCCCCC(=O)O[C@@H](COC(=O)CCCCCCCCCCCCCCCCCCCCCCC)CO[C@H]1O[C@@H](CO)[C@@H](O)C(O)C1O. The molecule has 0 aromatic rings. The second kappa shape index (κ2) is 45.2. The summed E-state index contributed by atoms with van der Waals surface area (Å²) in [6.45, 7) is 3.30. The molecule has 0 amide bonds. The van der Waals surface area contributed by atoms with Gasteiger partial charge in [-0.05, 0) is 57.8 Å². The molecule has 65 heavy (non-hydrogen) atoms. The lowest BCUT2D eigenvalue weighted by Crippen LogP contribution is -2.59. The van der Waals surface area contributed by atoms with Crippen LogP contribution in [0.25, 0.3) is 0 Å². The van der Waals surface area contributed by atoms with Crippen molar-refractivity contribution in [2.75, 3.05) is 19.8 Å². The summed E-state index contributed by atoms with van der Waals surface area (Å²) in [6, 6.07) is 0. The summed E-state index contributed by atoms with van der Waals surface area (Å²) in [5, 5.41) is 40.2. The van der Waals surface area contributed by atoms with Crippen molar-refractivity contribution in [3.05, 3.63) is 60.8 Å². The van der Waals surface area contributed by atoms with Crippen LogP contribution in [0.1, 0.15) is 219 Å². The second-order valence-corrected chi connectivity index (χ2v) is 18.0. The van der Waals surface area contributed by atoms with Crippen molar-refractivity contribution in [3.63, 3.8) is 0 Å². The van der Waals surface area contributed by atoms with Crippen LogP contribution in [0, 0.1) is 0 Å². The molecule has 0 bridgehead atoms. The number of carbonyl (C=O) groups excluding carboxylic acids is 2. The Labute approximate surface area is 396 Å². The number of esters is 2. The van der Waals surface area contributed by atoms with Gasteiger partial charge >= 0.3 is 11.9 Å². The van der Waals surface area contributed by atoms with Gasteiger partial charge in [0, 0.05) is 12.8 Å². The number of aliphatic hydroxyl groups excluding tert-OH is 4. The Bertz CT molecular complexity index is 1240. The van der Waals surface area contributed by atoms with Gasteiger partial charge in [-0.3, -0.25) is 9.59 Å². The molecule has 6 atom stereocenters. The first-order valence-electron chi connectivity index (χ1n) is 26.4. The molecule has 4 N–H and O–H groups in total. The third kappa shape index (κ3) is 36.2. The standard InChI is InChI=1S/C55H96O10/c1-3-5-7-9-11-13-15-17-19-21-23-24-26-27-29-31-33-35-37-39-41-43-50(57)62-46-48(47-63-55-54(61)53(60)52(59)49(45-56)65-55)64-51(58)44-42-40-38-36-34-32-30-28-25-22-20-18-16-14-12-10-8-6-4-2/h6,8,12,14,18,20,25,28,32,34,48-49,52-56,59-61H,3-5,7,9-11,13,15-17,19,21-24,26-27,29-31,33,35-47H2,1-2H3/b8-6+,14-12+,20-18+,28-25+,34-32+/t48-,49-,52+,53?,54?,55-/m0/s1. The molecule has 0 saturated carbocycles.